The second kappa shape index (κ2) is 27.7. The molecule has 3 aliphatic rings. The van der Waals surface area contributed by atoms with Gasteiger partial charge in [-0.3, -0.25) is 0 Å². The van der Waals surface area contributed by atoms with Gasteiger partial charge in [-0.25, -0.2) is 28.0 Å². The van der Waals surface area contributed by atoms with Crippen LogP contribution in [0.3, 0.4) is 0 Å². The summed E-state index contributed by atoms with van der Waals surface area (Å²) in [6.07, 6.45) is 3.47. The molecule has 1 aromatic heterocycles. The van der Waals surface area contributed by atoms with Crippen LogP contribution in [0.4, 0.5) is 31.5 Å². The third kappa shape index (κ3) is 14.6. The zero-order valence-corrected chi connectivity index (χ0v) is 43.8. The van der Waals surface area contributed by atoms with Gasteiger partial charge in [-0.15, -0.1) is 0 Å². The molecule has 0 unspecified atom stereocenters. The van der Waals surface area contributed by atoms with Crippen LogP contribution in [0.15, 0.2) is 116 Å². The molecule has 0 saturated carbocycles. The van der Waals surface area contributed by atoms with Gasteiger partial charge in [0.1, 0.15) is 41.4 Å². The lowest BCUT2D eigenvalue weighted by Crippen LogP contribution is -2.46. The minimum Gasteiger partial charge on any atom is -0.508 e. The lowest BCUT2D eigenvalue weighted by Gasteiger charge is -2.37. The molecule has 3 fully saturated rings. The molecular weight excluding hydrogens is 1060 g/mol. The number of hydrogen-bond donors (Lipinski definition) is 1. The number of rotatable bonds is 14. The van der Waals surface area contributed by atoms with Gasteiger partial charge in [-0.05, 0) is 141 Å². The number of piperazine rings is 2. The highest BCUT2D eigenvalue weighted by Crippen LogP contribution is 2.42. The van der Waals surface area contributed by atoms with Crippen LogP contribution in [0.5, 0.6) is 11.5 Å². The Morgan fingerprint density at radius 2 is 1.18 bits per heavy atom. The average molecular weight is 1130 g/mol. The van der Waals surface area contributed by atoms with Crippen molar-refractivity contribution in [2.45, 2.75) is 61.1 Å². The number of phenols is 1. The normalized spacial score (nSPS) is 17.1. The van der Waals surface area contributed by atoms with Crippen LogP contribution in [-0.2, 0) is 26.4 Å². The van der Waals surface area contributed by atoms with E-state index in [1.807, 2.05) is 85.5 Å². The number of carbonyl (C=O) groups is 2. The number of alkyl halides is 1. The van der Waals surface area contributed by atoms with Crippen molar-refractivity contribution < 1.29 is 42.4 Å². The predicted octanol–water partition coefficient (Wildman–Crippen LogP) is 10.9. The maximum atomic E-state index is 15.0. The van der Waals surface area contributed by atoms with E-state index >= 15 is 0 Å². The number of aromatic hydroxyl groups is 1. The molecule has 5 aromatic carbocycles. The average Bonchev–Trinajstić information content (AvgIpc) is 4.08. The third-order valence-electron chi connectivity index (χ3n) is 13.1. The zero-order valence-electron chi connectivity index (χ0n) is 41.6. The smallest absolute Gasteiger partial charge is 0.338 e. The first-order chi connectivity index (χ1) is 34.9. The molecule has 0 bridgehead atoms. The lowest BCUT2D eigenvalue weighted by atomic mass is 9.87. The zero-order chi connectivity index (χ0) is 51.2. The van der Waals surface area contributed by atoms with E-state index in [2.05, 4.69) is 64.4 Å². The number of phenolic OH excluding ortho intramolecular Hbond substituents is 1. The molecule has 3 saturated heterocycles. The molecular formula is C57H72F2IN7O7. The Morgan fingerprint density at radius 1 is 0.689 bits per heavy atom. The highest BCUT2D eigenvalue weighted by atomic mass is 127. The van der Waals surface area contributed by atoms with Crippen LogP contribution in [0, 0.1) is 31.4 Å². The lowest BCUT2D eigenvalue weighted by molar-refractivity contribution is -0.0206. The van der Waals surface area contributed by atoms with Crippen molar-refractivity contribution in [1.82, 2.24) is 14.8 Å². The van der Waals surface area contributed by atoms with Crippen LogP contribution in [-0.4, -0.2) is 116 Å². The third-order valence-corrected chi connectivity index (χ3v) is 13.1. The van der Waals surface area contributed by atoms with E-state index in [0.717, 1.165) is 98.1 Å². The van der Waals surface area contributed by atoms with Gasteiger partial charge in [0.2, 0.25) is 0 Å². The molecule has 0 radical (unpaired) electrons. The largest absolute Gasteiger partial charge is 0.508 e. The molecule has 4 heterocycles. The van der Waals surface area contributed by atoms with Crippen molar-refractivity contribution in [2.75, 3.05) is 103 Å². The standard InChI is InChI=1S/C34H37F2N5O4.C20H24N2O3.CH3I.2CH4/c1-3-43-33(42)26-4-7-28(8-5-26)39-12-14-40(15-13-39)29-9-11-32(24(2)16-29)44-19-25-18-34(45-20-25,21-41-23-37-22-38-41)30-10-6-27(35)17-31(30)36;1-3-25-20(24)16-4-6-17(7-5-16)21-10-12-22(13-11-21)18-8-9-19(23)15(2)14-18;1-2;;/h4-11,16-17,22-23,25H,3,12-15,18-21H2,1-2H3;4-9,14,23H,3,10-13H2,1-2H3;1H3;2*1H4/t25-,34+;;;;/m1..../s1. The molecule has 2 atom stereocenters. The Bertz CT molecular complexity index is 2700. The number of benzene rings is 5. The first-order valence-electron chi connectivity index (χ1n) is 24.3. The maximum Gasteiger partial charge on any atom is 0.338 e. The number of hydrogen-bond acceptors (Lipinski definition) is 13. The fourth-order valence-corrected chi connectivity index (χ4v) is 9.31. The van der Waals surface area contributed by atoms with E-state index in [1.165, 1.54) is 18.5 Å². The molecule has 9 rings (SSSR count). The summed E-state index contributed by atoms with van der Waals surface area (Å²) >= 11 is 2.15. The number of aromatic nitrogens is 3. The van der Waals surface area contributed by atoms with Crippen molar-refractivity contribution in [2.24, 2.45) is 5.92 Å². The second-order valence-corrected chi connectivity index (χ2v) is 17.8. The summed E-state index contributed by atoms with van der Waals surface area (Å²) in [5, 5.41) is 13.9. The van der Waals surface area contributed by atoms with Gasteiger partial charge >= 0.3 is 11.9 Å². The van der Waals surface area contributed by atoms with Crippen LogP contribution >= 0.6 is 22.6 Å². The summed E-state index contributed by atoms with van der Waals surface area (Å²) in [6.45, 7) is 16.5. The van der Waals surface area contributed by atoms with E-state index in [-0.39, 0.29) is 39.3 Å². The number of anilines is 4. The minimum absolute atomic E-state index is 0. The summed E-state index contributed by atoms with van der Waals surface area (Å²) < 4.78 is 52.9. The Hall–Kier alpha value is -6.47. The first-order valence-corrected chi connectivity index (χ1v) is 26.4. The number of aryl methyl sites for hydroxylation is 2. The molecule has 14 nitrogen and oxygen atoms in total. The Balaban J connectivity index is 0.000000298. The van der Waals surface area contributed by atoms with Gasteiger partial charge in [0.25, 0.3) is 0 Å². The van der Waals surface area contributed by atoms with E-state index in [1.54, 1.807) is 30.9 Å². The van der Waals surface area contributed by atoms with E-state index in [4.69, 9.17) is 18.9 Å². The predicted molar refractivity (Wildman–Crippen MR) is 299 cm³/mol. The Morgan fingerprint density at radius 3 is 1.64 bits per heavy atom. The van der Waals surface area contributed by atoms with Gasteiger partial charge in [0.05, 0.1) is 44.1 Å². The number of ether oxygens (including phenoxy) is 4. The summed E-state index contributed by atoms with van der Waals surface area (Å²) in [4.78, 5) is 39.0. The summed E-state index contributed by atoms with van der Waals surface area (Å²) in [7, 11) is 0. The number of esters is 2. The van der Waals surface area contributed by atoms with Gasteiger partial charge in [0, 0.05) is 92.7 Å². The van der Waals surface area contributed by atoms with Crippen LogP contribution in [0.1, 0.15) is 72.5 Å². The summed E-state index contributed by atoms with van der Waals surface area (Å²) in [5.74, 6) is -0.725. The van der Waals surface area contributed by atoms with Gasteiger partial charge < -0.3 is 43.7 Å². The van der Waals surface area contributed by atoms with E-state index in [0.29, 0.717) is 55.3 Å². The highest BCUT2D eigenvalue weighted by molar-refractivity contribution is 14.1. The molecule has 74 heavy (non-hydrogen) atoms. The molecule has 0 amide bonds. The van der Waals surface area contributed by atoms with Crippen molar-refractivity contribution >= 4 is 57.3 Å². The molecule has 6 aromatic rings. The summed E-state index contributed by atoms with van der Waals surface area (Å²) in [6, 6.07) is 30.8. The second-order valence-electron chi connectivity index (χ2n) is 17.8. The quantitative estimate of drug-likeness (QED) is 0.0630. The van der Waals surface area contributed by atoms with Crippen molar-refractivity contribution in [3.63, 3.8) is 0 Å². The van der Waals surface area contributed by atoms with Gasteiger partial charge in [-0.1, -0.05) is 43.5 Å². The highest BCUT2D eigenvalue weighted by Gasteiger charge is 2.45. The number of nitrogens with zero attached hydrogens (tertiary/aromatic N) is 7. The topological polar surface area (TPSA) is 135 Å². The van der Waals surface area contributed by atoms with Crippen molar-refractivity contribution in [3.8, 4) is 11.5 Å². The van der Waals surface area contributed by atoms with E-state index < -0.39 is 17.2 Å². The van der Waals surface area contributed by atoms with Gasteiger partial charge in [0.15, 0.2) is 0 Å². The molecule has 398 valence electrons. The van der Waals surface area contributed by atoms with Crippen LogP contribution in [0.2, 0.25) is 0 Å². The molecule has 1 N–H and O–H groups in total. The van der Waals surface area contributed by atoms with Gasteiger partial charge in [-0.2, -0.15) is 5.10 Å². The first kappa shape index (κ1) is 58.4. The fourth-order valence-electron chi connectivity index (χ4n) is 9.31. The van der Waals surface area contributed by atoms with E-state index in [9.17, 15) is 23.5 Å². The molecule has 3 aliphatic heterocycles. The maximum absolute atomic E-state index is 15.0. The number of carbonyl (C=O) groups excluding carboxylic acids is 2. The van der Waals surface area contributed by atoms with Crippen molar-refractivity contribution in [1.29, 1.82) is 0 Å². The summed E-state index contributed by atoms with van der Waals surface area (Å²) in [5.41, 5.74) is 6.86. The minimum atomic E-state index is -1.01. The monoisotopic (exact) mass is 1130 g/mol. The number of halogens is 3. The Labute approximate surface area is 449 Å². The molecule has 0 spiro atoms. The molecule has 17 heteroatoms. The van der Waals surface area contributed by atoms with Crippen LogP contribution in [0.25, 0.3) is 0 Å². The fraction of sp³-hybridized carbons (Fsp3) is 0.404. The van der Waals surface area contributed by atoms with Crippen LogP contribution < -0.4 is 24.3 Å². The SMILES string of the molecule is C.C.CCOC(=O)c1ccc(N2CCN(c3ccc(O)c(C)c3)CC2)cc1.CCOC(=O)c1ccc(N2CCN(c3ccc(OC[C@@H]4CO[C@@](Cn5cncn5)(c5ccc(F)cc5F)C4)c(C)c3)CC2)cc1.CI. The van der Waals surface area contributed by atoms with Crippen molar-refractivity contribution in [3.05, 3.63) is 155 Å². The molecule has 0 aliphatic carbocycles. The Kier molecular flexibility index (Phi) is 21.9.